The van der Waals surface area contributed by atoms with E-state index in [9.17, 15) is 4.79 Å². The minimum atomic E-state index is -0.0513. The van der Waals surface area contributed by atoms with Gasteiger partial charge in [0.15, 0.2) is 5.78 Å². The average molecular weight is 274 g/mol. The van der Waals surface area contributed by atoms with Crippen molar-refractivity contribution < 1.29 is 9.53 Å². The van der Waals surface area contributed by atoms with Crippen molar-refractivity contribution in [1.29, 1.82) is 0 Å². The van der Waals surface area contributed by atoms with E-state index in [1.54, 1.807) is 13.2 Å². The first-order chi connectivity index (χ1) is 9.58. The fraction of sp³-hybridized carbons (Fsp3) is 0.312. The molecule has 3 N–H and O–H groups in total. The molecule has 0 saturated carbocycles. The fourth-order valence-electron chi connectivity index (χ4n) is 1.65. The molecule has 0 aliphatic carbocycles. The highest BCUT2D eigenvalue weighted by Crippen LogP contribution is 2.11. The number of methoxy groups -OCH3 is 1. The maximum absolute atomic E-state index is 11.8. The van der Waals surface area contributed by atoms with Gasteiger partial charge in [-0.25, -0.2) is 0 Å². The molecule has 0 radical (unpaired) electrons. The SMILES string of the molecule is C=CCCC(=O)/C(N)=C(\C)NCc1ccc(OC)cc1. The van der Waals surface area contributed by atoms with Gasteiger partial charge < -0.3 is 15.8 Å². The average Bonchev–Trinajstić information content (AvgIpc) is 2.49. The molecule has 0 atom stereocenters. The summed E-state index contributed by atoms with van der Waals surface area (Å²) in [5, 5.41) is 3.16. The van der Waals surface area contributed by atoms with Crippen LogP contribution in [0.5, 0.6) is 5.75 Å². The van der Waals surface area contributed by atoms with Crippen molar-refractivity contribution in [3.05, 3.63) is 53.9 Å². The molecule has 0 saturated heterocycles. The van der Waals surface area contributed by atoms with Crippen LogP contribution in [0.4, 0.5) is 0 Å². The van der Waals surface area contributed by atoms with Crippen LogP contribution in [0, 0.1) is 0 Å². The fourth-order valence-corrected chi connectivity index (χ4v) is 1.65. The molecule has 0 aliphatic heterocycles. The maximum atomic E-state index is 11.8. The number of rotatable bonds is 8. The van der Waals surface area contributed by atoms with E-state index in [-0.39, 0.29) is 5.78 Å². The number of Topliss-reactive ketones (excluding diaryl/α,β-unsaturated/α-hetero) is 1. The largest absolute Gasteiger partial charge is 0.497 e. The van der Waals surface area contributed by atoms with E-state index < -0.39 is 0 Å². The molecule has 1 aromatic carbocycles. The first-order valence-corrected chi connectivity index (χ1v) is 6.55. The molecule has 0 bridgehead atoms. The van der Waals surface area contributed by atoms with Crippen molar-refractivity contribution in [3.8, 4) is 5.75 Å². The first-order valence-electron chi connectivity index (χ1n) is 6.55. The normalized spacial score (nSPS) is 11.5. The van der Waals surface area contributed by atoms with E-state index in [2.05, 4.69) is 11.9 Å². The van der Waals surface area contributed by atoms with Gasteiger partial charge in [0.25, 0.3) is 0 Å². The Balaban J connectivity index is 2.57. The van der Waals surface area contributed by atoms with Crippen LogP contribution in [0.15, 0.2) is 48.3 Å². The minimum Gasteiger partial charge on any atom is -0.497 e. The molecule has 0 amide bonds. The lowest BCUT2D eigenvalue weighted by molar-refractivity contribution is -0.115. The summed E-state index contributed by atoms with van der Waals surface area (Å²) in [6, 6.07) is 7.73. The predicted octanol–water partition coefficient (Wildman–Crippen LogP) is 2.51. The van der Waals surface area contributed by atoms with Crippen LogP contribution in [0.25, 0.3) is 0 Å². The van der Waals surface area contributed by atoms with Crippen LogP contribution in [-0.4, -0.2) is 12.9 Å². The number of hydrogen-bond acceptors (Lipinski definition) is 4. The molecule has 1 rings (SSSR count). The van der Waals surface area contributed by atoms with Gasteiger partial charge in [-0.05, 0) is 31.0 Å². The zero-order chi connectivity index (χ0) is 15.0. The smallest absolute Gasteiger partial charge is 0.180 e. The summed E-state index contributed by atoms with van der Waals surface area (Å²) in [6.07, 6.45) is 2.76. The van der Waals surface area contributed by atoms with E-state index in [4.69, 9.17) is 10.5 Å². The molecule has 4 nitrogen and oxygen atoms in total. The molecular weight excluding hydrogens is 252 g/mol. The number of nitrogens with one attached hydrogen (secondary N) is 1. The van der Waals surface area contributed by atoms with E-state index in [0.717, 1.165) is 11.3 Å². The standard InChI is InChI=1S/C16H22N2O2/c1-4-5-6-15(19)16(17)12(2)18-11-13-7-9-14(20-3)10-8-13/h4,7-10,18H,1,5-6,11,17H2,2-3H3/b16-12-. The molecule has 0 unspecified atom stereocenters. The number of nitrogens with two attached hydrogens (primary N) is 1. The van der Waals surface area contributed by atoms with Crippen LogP contribution in [0.1, 0.15) is 25.3 Å². The van der Waals surface area contributed by atoms with Crippen LogP contribution < -0.4 is 15.8 Å². The van der Waals surface area contributed by atoms with Gasteiger partial charge in [-0.15, -0.1) is 6.58 Å². The molecule has 1 aromatic rings. The summed E-state index contributed by atoms with van der Waals surface area (Å²) in [7, 11) is 1.63. The molecule has 0 fully saturated rings. The van der Waals surface area contributed by atoms with E-state index in [1.807, 2.05) is 31.2 Å². The monoisotopic (exact) mass is 274 g/mol. The van der Waals surface area contributed by atoms with Gasteiger partial charge in [0.1, 0.15) is 5.75 Å². The third kappa shape index (κ3) is 4.80. The Morgan fingerprint density at radius 3 is 2.60 bits per heavy atom. The maximum Gasteiger partial charge on any atom is 0.180 e. The number of ketones is 1. The van der Waals surface area contributed by atoms with Crippen LogP contribution in [0.2, 0.25) is 0 Å². The van der Waals surface area contributed by atoms with Gasteiger partial charge in [0.05, 0.1) is 12.8 Å². The van der Waals surface area contributed by atoms with Crippen LogP contribution >= 0.6 is 0 Å². The zero-order valence-corrected chi connectivity index (χ0v) is 12.1. The van der Waals surface area contributed by atoms with Gasteiger partial charge in [0.2, 0.25) is 0 Å². The second kappa shape index (κ2) is 8.04. The Morgan fingerprint density at radius 1 is 1.40 bits per heavy atom. The highest BCUT2D eigenvalue weighted by Gasteiger charge is 2.08. The number of carbonyl (C=O) groups excluding carboxylic acids is 1. The number of allylic oxidation sites excluding steroid dienone is 3. The van der Waals surface area contributed by atoms with Crippen LogP contribution in [0.3, 0.4) is 0 Å². The van der Waals surface area contributed by atoms with Crippen LogP contribution in [-0.2, 0) is 11.3 Å². The van der Waals surface area contributed by atoms with E-state index >= 15 is 0 Å². The highest BCUT2D eigenvalue weighted by atomic mass is 16.5. The van der Waals surface area contributed by atoms with Gasteiger partial charge in [0, 0.05) is 18.7 Å². The van der Waals surface area contributed by atoms with Gasteiger partial charge >= 0.3 is 0 Å². The van der Waals surface area contributed by atoms with E-state index in [0.29, 0.717) is 30.8 Å². The molecule has 108 valence electrons. The molecule has 0 aliphatic rings. The van der Waals surface area contributed by atoms with Crippen molar-refractivity contribution in [3.63, 3.8) is 0 Å². The predicted molar refractivity (Wildman–Crippen MR) is 81.2 cm³/mol. The summed E-state index contributed by atoms with van der Waals surface area (Å²) in [5.41, 5.74) is 7.91. The Morgan fingerprint density at radius 2 is 2.05 bits per heavy atom. The van der Waals surface area contributed by atoms with Crippen molar-refractivity contribution in [2.24, 2.45) is 5.73 Å². The zero-order valence-electron chi connectivity index (χ0n) is 12.1. The number of carbonyl (C=O) groups is 1. The number of ether oxygens (including phenoxy) is 1. The lowest BCUT2D eigenvalue weighted by atomic mass is 10.1. The minimum absolute atomic E-state index is 0.0513. The molecule has 0 heterocycles. The summed E-state index contributed by atoms with van der Waals surface area (Å²) in [6.45, 7) is 6.02. The Bertz CT molecular complexity index is 490. The van der Waals surface area contributed by atoms with E-state index in [1.165, 1.54) is 0 Å². The third-order valence-electron chi connectivity index (χ3n) is 3.00. The topological polar surface area (TPSA) is 64.4 Å². The molecule has 0 spiro atoms. The summed E-state index contributed by atoms with van der Waals surface area (Å²) in [5.74, 6) is 0.768. The Labute approximate surface area is 120 Å². The number of benzene rings is 1. The lowest BCUT2D eigenvalue weighted by Gasteiger charge is -2.10. The van der Waals surface area contributed by atoms with Gasteiger partial charge in [-0.3, -0.25) is 4.79 Å². The third-order valence-corrected chi connectivity index (χ3v) is 3.00. The van der Waals surface area contributed by atoms with Crippen molar-refractivity contribution in [2.45, 2.75) is 26.3 Å². The van der Waals surface area contributed by atoms with Gasteiger partial charge in [-0.1, -0.05) is 18.2 Å². The second-order valence-electron chi connectivity index (χ2n) is 4.49. The molecule has 4 heteroatoms. The Hall–Kier alpha value is -2.23. The molecule has 20 heavy (non-hydrogen) atoms. The molecule has 0 aromatic heterocycles. The van der Waals surface area contributed by atoms with Crippen molar-refractivity contribution in [1.82, 2.24) is 5.32 Å². The number of hydrogen-bond donors (Lipinski definition) is 2. The molecular formula is C16H22N2O2. The second-order valence-corrected chi connectivity index (χ2v) is 4.49. The van der Waals surface area contributed by atoms with Crippen molar-refractivity contribution in [2.75, 3.05) is 7.11 Å². The first kappa shape index (κ1) is 15.8. The Kier molecular flexibility index (Phi) is 6.37. The summed E-state index contributed by atoms with van der Waals surface area (Å²) < 4.78 is 5.10. The van der Waals surface area contributed by atoms with Crippen molar-refractivity contribution >= 4 is 5.78 Å². The summed E-state index contributed by atoms with van der Waals surface area (Å²) >= 11 is 0. The lowest BCUT2D eigenvalue weighted by Crippen LogP contribution is -2.21. The van der Waals surface area contributed by atoms with Gasteiger partial charge in [-0.2, -0.15) is 0 Å². The summed E-state index contributed by atoms with van der Waals surface area (Å²) in [4.78, 5) is 11.8. The quantitative estimate of drug-likeness (QED) is 0.565. The highest BCUT2D eigenvalue weighted by molar-refractivity contribution is 5.95.